The molecule has 3 aromatic carbocycles. The predicted molar refractivity (Wildman–Crippen MR) is 161 cm³/mol. The van der Waals surface area contributed by atoms with Crippen LogP contribution < -0.4 is 5.32 Å². The summed E-state index contributed by atoms with van der Waals surface area (Å²) in [6.45, 7) is 0.638. The average Bonchev–Trinajstić information content (AvgIpc) is 3.45. The van der Waals surface area contributed by atoms with Crippen LogP contribution in [-0.2, 0) is 29.1 Å². The standard InChI is InChI=1S/C30H27BrN4O6S/c31-24-12-9-22(10-13-24)30-23(20-35(33-30)26-6-2-1-3-7-26)11-14-29(37)41-21-28(36)32-25-5-4-8-27(19-25)42(38,39)34-15-17-40-18-16-34/h1-14,19-20H,15-18,21H2,(H,32,36)/b14-11+. The maximum absolute atomic E-state index is 12.9. The van der Waals surface area contributed by atoms with Crippen LogP contribution in [0.3, 0.4) is 0 Å². The normalized spacial score (nSPS) is 14.1. The first-order valence-electron chi connectivity index (χ1n) is 13.0. The molecule has 4 aromatic rings. The zero-order valence-electron chi connectivity index (χ0n) is 22.4. The van der Waals surface area contributed by atoms with Gasteiger partial charge in [0.1, 0.15) is 0 Å². The summed E-state index contributed by atoms with van der Waals surface area (Å²) in [5, 5.41) is 7.29. The number of hydrogen-bond acceptors (Lipinski definition) is 7. The third-order valence-electron chi connectivity index (χ3n) is 6.35. The lowest BCUT2D eigenvalue weighted by atomic mass is 10.1. The molecule has 0 bridgehead atoms. The Morgan fingerprint density at radius 3 is 2.48 bits per heavy atom. The van der Waals surface area contributed by atoms with E-state index in [-0.39, 0.29) is 23.7 Å². The molecule has 0 atom stereocenters. The number of benzene rings is 3. The first kappa shape index (κ1) is 29.4. The minimum atomic E-state index is -3.72. The Kier molecular flexibility index (Phi) is 9.28. The van der Waals surface area contributed by atoms with E-state index in [1.165, 1.54) is 28.6 Å². The number of sulfonamides is 1. The number of halogens is 1. The Morgan fingerprint density at radius 2 is 1.74 bits per heavy atom. The van der Waals surface area contributed by atoms with E-state index in [0.29, 0.717) is 24.5 Å². The van der Waals surface area contributed by atoms with E-state index in [4.69, 9.17) is 14.6 Å². The summed E-state index contributed by atoms with van der Waals surface area (Å²) in [5.41, 5.74) is 3.34. The Morgan fingerprint density at radius 1 is 1.00 bits per heavy atom. The number of amides is 1. The van der Waals surface area contributed by atoms with Crippen LogP contribution >= 0.6 is 15.9 Å². The predicted octanol–water partition coefficient (Wildman–Crippen LogP) is 4.52. The fourth-order valence-electron chi connectivity index (χ4n) is 4.26. The lowest BCUT2D eigenvalue weighted by Gasteiger charge is -2.26. The summed E-state index contributed by atoms with van der Waals surface area (Å²) in [6, 6.07) is 23.2. The molecule has 1 aliphatic rings. The van der Waals surface area contributed by atoms with Gasteiger partial charge in [-0.25, -0.2) is 17.9 Å². The average molecular weight is 652 g/mol. The van der Waals surface area contributed by atoms with Crippen molar-refractivity contribution < 1.29 is 27.5 Å². The number of aromatic nitrogens is 2. The van der Waals surface area contributed by atoms with Crippen LogP contribution in [0.1, 0.15) is 5.56 Å². The van der Waals surface area contributed by atoms with Crippen molar-refractivity contribution in [1.82, 2.24) is 14.1 Å². The number of rotatable bonds is 9. The number of para-hydroxylation sites is 1. The molecule has 1 aliphatic heterocycles. The number of nitrogens with zero attached hydrogens (tertiary/aromatic N) is 3. The van der Waals surface area contributed by atoms with Gasteiger partial charge >= 0.3 is 5.97 Å². The molecule has 5 rings (SSSR count). The topological polar surface area (TPSA) is 120 Å². The number of esters is 1. The Bertz CT molecular complexity index is 1700. The summed E-state index contributed by atoms with van der Waals surface area (Å²) >= 11 is 3.44. The molecule has 1 saturated heterocycles. The molecule has 10 nitrogen and oxygen atoms in total. The second kappa shape index (κ2) is 13.3. The monoisotopic (exact) mass is 650 g/mol. The van der Waals surface area contributed by atoms with Crippen LogP contribution in [0.4, 0.5) is 5.69 Å². The minimum absolute atomic E-state index is 0.0553. The highest BCUT2D eigenvalue weighted by molar-refractivity contribution is 9.10. The Balaban J connectivity index is 1.23. The first-order chi connectivity index (χ1) is 20.3. The van der Waals surface area contributed by atoms with E-state index in [2.05, 4.69) is 21.2 Å². The van der Waals surface area contributed by atoms with Gasteiger partial charge in [0.05, 0.1) is 29.5 Å². The summed E-state index contributed by atoms with van der Waals surface area (Å²) in [5.74, 6) is -1.33. The number of ether oxygens (including phenoxy) is 2. The molecule has 1 N–H and O–H groups in total. The number of carbonyl (C=O) groups is 2. The van der Waals surface area contributed by atoms with Gasteiger partial charge < -0.3 is 14.8 Å². The molecule has 2 heterocycles. The molecule has 42 heavy (non-hydrogen) atoms. The molecule has 0 spiro atoms. The summed E-state index contributed by atoms with van der Waals surface area (Å²) < 4.78 is 40.2. The second-order valence-corrected chi connectivity index (χ2v) is 12.1. The maximum Gasteiger partial charge on any atom is 0.331 e. The molecule has 0 radical (unpaired) electrons. The molecular weight excluding hydrogens is 624 g/mol. The highest BCUT2D eigenvalue weighted by Crippen LogP contribution is 2.26. The van der Waals surface area contributed by atoms with Crippen molar-refractivity contribution in [2.45, 2.75) is 4.90 Å². The zero-order valence-corrected chi connectivity index (χ0v) is 24.8. The van der Waals surface area contributed by atoms with E-state index in [0.717, 1.165) is 15.7 Å². The van der Waals surface area contributed by atoms with Gasteiger partial charge in [-0.05, 0) is 48.5 Å². The van der Waals surface area contributed by atoms with Gasteiger partial charge in [0.2, 0.25) is 10.0 Å². The zero-order chi connectivity index (χ0) is 29.5. The first-order valence-corrected chi connectivity index (χ1v) is 15.3. The second-order valence-electron chi connectivity index (χ2n) is 9.25. The van der Waals surface area contributed by atoms with Crippen LogP contribution in [0.5, 0.6) is 0 Å². The van der Waals surface area contributed by atoms with Gasteiger partial charge in [0, 0.05) is 46.6 Å². The number of carbonyl (C=O) groups excluding carboxylic acids is 2. The van der Waals surface area contributed by atoms with Gasteiger partial charge in [-0.15, -0.1) is 0 Å². The van der Waals surface area contributed by atoms with Crippen LogP contribution in [0.15, 0.2) is 101 Å². The molecule has 12 heteroatoms. The fourth-order valence-corrected chi connectivity index (χ4v) is 5.98. The molecule has 216 valence electrons. The maximum atomic E-state index is 12.9. The largest absolute Gasteiger partial charge is 0.452 e. The minimum Gasteiger partial charge on any atom is -0.452 e. The highest BCUT2D eigenvalue weighted by Gasteiger charge is 2.26. The van der Waals surface area contributed by atoms with Gasteiger partial charge in [0.25, 0.3) is 5.91 Å². The van der Waals surface area contributed by atoms with Crippen molar-refractivity contribution in [2.75, 3.05) is 38.2 Å². The summed E-state index contributed by atoms with van der Waals surface area (Å²) in [7, 11) is -3.72. The Labute approximate surface area is 251 Å². The van der Waals surface area contributed by atoms with Gasteiger partial charge in [-0.3, -0.25) is 4.79 Å². The molecule has 0 saturated carbocycles. The van der Waals surface area contributed by atoms with Gasteiger partial charge in [0.15, 0.2) is 6.61 Å². The van der Waals surface area contributed by atoms with E-state index in [1.54, 1.807) is 23.0 Å². The van der Waals surface area contributed by atoms with E-state index < -0.39 is 28.5 Å². The number of anilines is 1. The lowest BCUT2D eigenvalue weighted by Crippen LogP contribution is -2.40. The smallest absolute Gasteiger partial charge is 0.331 e. The van der Waals surface area contributed by atoms with Crippen molar-refractivity contribution >= 4 is 49.6 Å². The van der Waals surface area contributed by atoms with Crippen molar-refractivity contribution in [3.63, 3.8) is 0 Å². The van der Waals surface area contributed by atoms with Crippen LogP contribution in [0, 0.1) is 0 Å². The van der Waals surface area contributed by atoms with Crippen molar-refractivity contribution in [1.29, 1.82) is 0 Å². The number of morpholine rings is 1. The van der Waals surface area contributed by atoms with Crippen LogP contribution in [0.25, 0.3) is 23.0 Å². The van der Waals surface area contributed by atoms with Crippen LogP contribution in [-0.4, -0.2) is 67.3 Å². The highest BCUT2D eigenvalue weighted by atomic mass is 79.9. The summed E-state index contributed by atoms with van der Waals surface area (Å²) in [4.78, 5) is 25.0. The molecule has 0 aliphatic carbocycles. The summed E-state index contributed by atoms with van der Waals surface area (Å²) in [6.07, 6.45) is 4.63. The van der Waals surface area contributed by atoms with Crippen LogP contribution in [0.2, 0.25) is 0 Å². The molecule has 1 amide bonds. The van der Waals surface area contributed by atoms with Crippen molar-refractivity contribution in [3.05, 3.63) is 101 Å². The molecular formula is C30H27BrN4O6S. The lowest BCUT2D eigenvalue weighted by molar-refractivity contribution is -0.142. The van der Waals surface area contributed by atoms with Crippen molar-refractivity contribution in [3.8, 4) is 16.9 Å². The fraction of sp³-hybridized carbons (Fsp3) is 0.167. The Hall–Kier alpha value is -4.10. The van der Waals surface area contributed by atoms with E-state index in [9.17, 15) is 18.0 Å². The van der Waals surface area contributed by atoms with Crippen molar-refractivity contribution in [2.24, 2.45) is 0 Å². The third-order valence-corrected chi connectivity index (χ3v) is 8.77. The molecule has 0 unspecified atom stereocenters. The van der Waals surface area contributed by atoms with E-state index >= 15 is 0 Å². The quantitative estimate of drug-likeness (QED) is 0.209. The SMILES string of the molecule is O=C(COC(=O)/C=C/c1cn(-c2ccccc2)nc1-c1ccc(Br)cc1)Nc1cccc(S(=O)(=O)N2CCOCC2)c1. The molecule has 1 fully saturated rings. The number of nitrogens with one attached hydrogen (secondary N) is 1. The third kappa shape index (κ3) is 7.21. The van der Waals surface area contributed by atoms with Gasteiger partial charge in [-0.2, -0.15) is 9.40 Å². The van der Waals surface area contributed by atoms with Gasteiger partial charge in [-0.1, -0.05) is 52.3 Å². The number of hydrogen-bond donors (Lipinski definition) is 1. The van der Waals surface area contributed by atoms with E-state index in [1.807, 2.05) is 54.6 Å². The molecule has 1 aromatic heterocycles.